The number of aromatic nitrogens is 2. The second kappa shape index (κ2) is 27.4. The van der Waals surface area contributed by atoms with Crippen molar-refractivity contribution in [2.75, 3.05) is 0 Å². The van der Waals surface area contributed by atoms with Crippen molar-refractivity contribution in [1.29, 1.82) is 10.8 Å². The van der Waals surface area contributed by atoms with E-state index in [0.29, 0.717) is 18.0 Å². The maximum Gasteiger partial charge on any atom is 0.147 e. The Hall–Kier alpha value is -8.19. The van der Waals surface area contributed by atoms with Crippen molar-refractivity contribution in [1.82, 2.24) is 9.13 Å². The number of fused-ring (bicyclic) bond motifs is 8. The molecule has 6 heteroatoms. The lowest BCUT2D eigenvalue weighted by molar-refractivity contribution is 1.02. The van der Waals surface area contributed by atoms with E-state index < -0.39 is 0 Å². The fraction of sp³-hybridized carbons (Fsp3) is 0.186. The van der Waals surface area contributed by atoms with Gasteiger partial charge in [0, 0.05) is 48.9 Å². The average molecular weight is 1020 g/mol. The maximum atomic E-state index is 9.40. The number of nitrogens with one attached hydrogen (secondary N) is 2. The minimum Gasteiger partial charge on any atom is -0.309 e. The zero-order valence-electron chi connectivity index (χ0n) is 46.4. The lowest BCUT2D eigenvalue weighted by Gasteiger charge is -2.20. The van der Waals surface area contributed by atoms with Gasteiger partial charge in [-0.3, -0.25) is 4.57 Å². The molecule has 10 rings (SSSR count). The molecule has 6 aromatic carbocycles. The SMILES string of the molecule is C/C=C\C.C=C/C(C)=C\C=N.C=C/C=C(\C=C/C)n1c2ccc(-c3ccc4c(c3)c3cc5ccccc5cc3n4/C(N=C)=C3/C(=N)CCc4cc(-c5ccccc5)sc43)cc2c2c(/C=C\C)c(C)ccc21.CC.CCC. The van der Waals surface area contributed by atoms with Gasteiger partial charge in [-0.25, -0.2) is 4.99 Å². The van der Waals surface area contributed by atoms with Gasteiger partial charge in [-0.05, 0) is 172 Å². The summed E-state index contributed by atoms with van der Waals surface area (Å²) in [5.41, 5.74) is 15.1. The first kappa shape index (κ1) is 57.1. The summed E-state index contributed by atoms with van der Waals surface area (Å²) < 4.78 is 4.61. The Morgan fingerprint density at radius 3 is 1.86 bits per heavy atom. The third-order valence-corrected chi connectivity index (χ3v) is 14.2. The largest absolute Gasteiger partial charge is 0.309 e. The minimum absolute atomic E-state index is 0.597. The number of benzene rings is 6. The van der Waals surface area contributed by atoms with Crippen LogP contribution < -0.4 is 0 Å². The van der Waals surface area contributed by atoms with Gasteiger partial charge in [0.25, 0.3) is 0 Å². The lowest BCUT2D eigenvalue weighted by Crippen LogP contribution is -2.13. The molecule has 0 fully saturated rings. The Morgan fingerprint density at radius 2 is 1.28 bits per heavy atom. The minimum atomic E-state index is 0.597. The fourth-order valence-corrected chi connectivity index (χ4v) is 10.8. The number of allylic oxidation sites excluding steroid dienone is 12. The molecule has 5 nitrogen and oxygen atoms in total. The summed E-state index contributed by atoms with van der Waals surface area (Å²) in [7, 11) is 0. The van der Waals surface area contributed by atoms with Crippen LogP contribution in [0.4, 0.5) is 0 Å². The molecule has 1 aliphatic rings. The van der Waals surface area contributed by atoms with Crippen molar-refractivity contribution in [2.24, 2.45) is 4.99 Å². The molecule has 0 aliphatic heterocycles. The number of nitrogens with zero attached hydrogens (tertiary/aromatic N) is 3. The average Bonchev–Trinajstić information content (AvgIpc) is 4.14. The molecule has 2 N–H and O–H groups in total. The standard InChI is InChI=1S/C55H44N4S.C6H9N.C4H8.C3H8.C2H6/c1-6-14-41(15-7-2)58-48-28-24-39(31-45(48)52-42(16-8-3)34(4)21-26-49(52)58)38-23-27-47-43(30-38)44-29-36-19-12-13-20-37(36)32-50(44)59(47)55(57-5)53-46(56)25-22-40-33-51(60-54(40)53)35-17-10-9-11-18-35;1-3-6(2)4-5-7;1-3-4-2;1-3-2;1-2/h6-21,23-24,26-33,56H,1,5,22,25H2,2-4H3;3-5,7H,1H2,2H3;3-4H,1-2H3;3H2,1-2H3;1-2H3/b15-7-,16-8-,41-14+,55-53-,56-46?;6-4-,7-5?;4-3-;;. The van der Waals surface area contributed by atoms with E-state index in [4.69, 9.17) is 10.4 Å². The third-order valence-electron chi connectivity index (χ3n) is 13.0. The molecule has 0 radical (unpaired) electrons. The molecule has 0 spiro atoms. The molecule has 3 heterocycles. The van der Waals surface area contributed by atoms with Crippen molar-refractivity contribution in [3.63, 3.8) is 0 Å². The van der Waals surface area contributed by atoms with Gasteiger partial charge >= 0.3 is 0 Å². The molecule has 3 aromatic heterocycles. The van der Waals surface area contributed by atoms with Crippen LogP contribution in [0.5, 0.6) is 0 Å². The van der Waals surface area contributed by atoms with E-state index in [1.165, 1.54) is 55.9 Å². The van der Waals surface area contributed by atoms with E-state index in [9.17, 15) is 5.41 Å². The van der Waals surface area contributed by atoms with E-state index >= 15 is 0 Å². The van der Waals surface area contributed by atoms with Crippen LogP contribution in [0, 0.1) is 17.7 Å². The Bertz CT molecular complexity index is 3750. The van der Waals surface area contributed by atoms with Crippen LogP contribution in [0.15, 0.2) is 200 Å². The number of thiophene rings is 1. The highest BCUT2D eigenvalue weighted by atomic mass is 32.1. The van der Waals surface area contributed by atoms with Crippen LogP contribution in [0.25, 0.3) is 99.1 Å². The van der Waals surface area contributed by atoms with Crippen LogP contribution in [-0.2, 0) is 6.42 Å². The van der Waals surface area contributed by atoms with Crippen molar-refractivity contribution in [2.45, 2.75) is 88.5 Å². The van der Waals surface area contributed by atoms with Gasteiger partial charge in [0.15, 0.2) is 0 Å². The van der Waals surface area contributed by atoms with Crippen LogP contribution in [0.3, 0.4) is 0 Å². The highest BCUT2D eigenvalue weighted by Gasteiger charge is 2.28. The predicted octanol–water partition coefficient (Wildman–Crippen LogP) is 21.2. The summed E-state index contributed by atoms with van der Waals surface area (Å²) in [5.74, 6) is 0.705. The van der Waals surface area contributed by atoms with Crippen molar-refractivity contribution >= 4 is 108 Å². The smallest absolute Gasteiger partial charge is 0.147 e. The summed E-state index contributed by atoms with van der Waals surface area (Å²) in [5, 5.41) is 23.0. The van der Waals surface area contributed by atoms with Crippen LogP contribution in [0.2, 0.25) is 0 Å². The summed E-state index contributed by atoms with van der Waals surface area (Å²) in [6, 6.07) is 44.1. The van der Waals surface area contributed by atoms with Crippen LogP contribution >= 0.6 is 11.3 Å². The number of aryl methyl sites for hydroxylation is 2. The number of rotatable bonds is 10. The van der Waals surface area contributed by atoms with Gasteiger partial charge in [0.2, 0.25) is 0 Å². The monoisotopic (exact) mass is 1020 g/mol. The highest BCUT2D eigenvalue weighted by molar-refractivity contribution is 7.17. The Kier molecular flexibility index (Phi) is 20.6. The fourth-order valence-electron chi connectivity index (χ4n) is 9.48. The Morgan fingerprint density at radius 1 is 0.671 bits per heavy atom. The Balaban J connectivity index is 0.000000519. The lowest BCUT2D eigenvalue weighted by atomic mass is 9.92. The van der Waals surface area contributed by atoms with Gasteiger partial charge in [-0.1, -0.05) is 168 Å². The molecule has 1 aliphatic carbocycles. The van der Waals surface area contributed by atoms with Gasteiger partial charge in [-0.15, -0.1) is 11.3 Å². The van der Waals surface area contributed by atoms with E-state index in [2.05, 4.69) is 215 Å². The molecule has 0 atom stereocenters. The number of hydrogen-bond acceptors (Lipinski definition) is 4. The summed E-state index contributed by atoms with van der Waals surface area (Å²) in [6.45, 7) is 32.2. The Labute approximate surface area is 456 Å². The first-order chi connectivity index (χ1) is 37.1. The molecular formula is C70H75N5S. The van der Waals surface area contributed by atoms with Crippen molar-refractivity contribution < 1.29 is 0 Å². The second-order valence-electron chi connectivity index (χ2n) is 18.2. The highest BCUT2D eigenvalue weighted by Crippen LogP contribution is 2.46. The van der Waals surface area contributed by atoms with E-state index in [-0.39, 0.29) is 0 Å². The molecule has 0 unspecified atom stereocenters. The molecule has 386 valence electrons. The molecule has 0 saturated heterocycles. The van der Waals surface area contributed by atoms with E-state index in [1.54, 1.807) is 23.5 Å². The van der Waals surface area contributed by atoms with Gasteiger partial charge in [0.1, 0.15) is 5.82 Å². The third kappa shape index (κ3) is 12.0. The van der Waals surface area contributed by atoms with Crippen LogP contribution in [-0.4, -0.2) is 27.8 Å². The molecular weight excluding hydrogens is 943 g/mol. The molecule has 0 bridgehead atoms. The van der Waals surface area contributed by atoms with Crippen molar-refractivity contribution in [3.05, 3.63) is 216 Å². The van der Waals surface area contributed by atoms with Crippen molar-refractivity contribution in [3.8, 4) is 21.6 Å². The van der Waals surface area contributed by atoms with Gasteiger partial charge < -0.3 is 15.4 Å². The quantitative estimate of drug-likeness (QED) is 0.0779. The molecule has 0 amide bonds. The molecule has 9 aromatic rings. The molecule has 0 saturated carbocycles. The maximum absolute atomic E-state index is 9.40. The summed E-state index contributed by atoms with van der Waals surface area (Å²) in [4.78, 5) is 7.13. The number of aliphatic imine (C=N–C) groups is 1. The normalized spacial score (nSPS) is 13.2. The molecule has 76 heavy (non-hydrogen) atoms. The first-order valence-electron chi connectivity index (χ1n) is 26.5. The van der Waals surface area contributed by atoms with E-state index in [1.807, 2.05) is 52.8 Å². The number of hydrogen-bond donors (Lipinski definition) is 2. The summed E-state index contributed by atoms with van der Waals surface area (Å²) in [6.07, 6.45) is 23.9. The topological polar surface area (TPSA) is 69.9 Å². The zero-order valence-corrected chi connectivity index (χ0v) is 47.2. The second-order valence-corrected chi connectivity index (χ2v) is 19.2. The zero-order chi connectivity index (χ0) is 54.9. The predicted molar refractivity (Wildman–Crippen MR) is 343 cm³/mol. The summed E-state index contributed by atoms with van der Waals surface area (Å²) >= 11 is 1.75. The van der Waals surface area contributed by atoms with Gasteiger partial charge in [0.05, 0.1) is 27.6 Å². The first-order valence-corrected chi connectivity index (χ1v) is 27.4. The van der Waals surface area contributed by atoms with Gasteiger partial charge in [-0.2, -0.15) is 0 Å². The van der Waals surface area contributed by atoms with Crippen LogP contribution in [0.1, 0.15) is 96.7 Å². The van der Waals surface area contributed by atoms with E-state index in [0.717, 1.165) is 77.5 Å².